The summed E-state index contributed by atoms with van der Waals surface area (Å²) in [4.78, 5) is 15.6. The second-order valence-electron chi connectivity index (χ2n) is 8.03. The van der Waals surface area contributed by atoms with Crippen molar-refractivity contribution in [1.29, 1.82) is 0 Å². The van der Waals surface area contributed by atoms with Crippen molar-refractivity contribution in [3.63, 3.8) is 0 Å². The minimum absolute atomic E-state index is 0.0521. The van der Waals surface area contributed by atoms with Crippen LogP contribution in [0.1, 0.15) is 30.4 Å². The summed E-state index contributed by atoms with van der Waals surface area (Å²) < 4.78 is 32.2. The molecule has 0 aliphatic carbocycles. The summed E-state index contributed by atoms with van der Waals surface area (Å²) in [6.07, 6.45) is 4.93. The first-order chi connectivity index (χ1) is 16.9. The van der Waals surface area contributed by atoms with Gasteiger partial charge in [0.15, 0.2) is 0 Å². The van der Waals surface area contributed by atoms with Crippen LogP contribution in [-0.2, 0) is 27.7 Å². The summed E-state index contributed by atoms with van der Waals surface area (Å²) >= 11 is 5.66. The lowest BCUT2D eigenvalue weighted by atomic mass is 10.1. The minimum Gasteiger partial charge on any atom is -0.494 e. The standard InChI is InChI=1S/C26H30ClN3O4S/c27-25-15-14-24(20-29-25)35(32,33)30-26(31)16-18-28-17-4-8-22-10-12-23(13-11-22)34-19-5-9-21-6-2-1-3-7-21/h1-3,6-7,10-15,20,28H,4-5,8-9,16-19H2,(H,30,31). The van der Waals surface area contributed by atoms with Gasteiger partial charge in [0.2, 0.25) is 5.91 Å². The maximum Gasteiger partial charge on any atom is 0.265 e. The fourth-order valence-corrected chi connectivity index (χ4v) is 4.46. The molecule has 186 valence electrons. The molecular formula is C26H30ClN3O4S. The highest BCUT2D eigenvalue weighted by molar-refractivity contribution is 7.90. The van der Waals surface area contributed by atoms with Crippen LogP contribution in [0, 0.1) is 0 Å². The lowest BCUT2D eigenvalue weighted by Crippen LogP contribution is -2.33. The van der Waals surface area contributed by atoms with Gasteiger partial charge in [-0.05, 0) is 67.6 Å². The second kappa shape index (κ2) is 13.8. The molecule has 3 rings (SSSR count). The van der Waals surface area contributed by atoms with Gasteiger partial charge in [-0.25, -0.2) is 18.1 Å². The zero-order chi connectivity index (χ0) is 24.9. The maximum atomic E-state index is 12.2. The van der Waals surface area contributed by atoms with Crippen LogP contribution in [0.3, 0.4) is 0 Å². The van der Waals surface area contributed by atoms with Gasteiger partial charge in [0.1, 0.15) is 15.8 Å². The Kier molecular flexibility index (Phi) is 10.5. The average molecular weight is 516 g/mol. The van der Waals surface area contributed by atoms with E-state index in [2.05, 4.69) is 46.7 Å². The van der Waals surface area contributed by atoms with E-state index in [-0.39, 0.29) is 16.5 Å². The zero-order valence-corrected chi connectivity index (χ0v) is 21.0. The molecule has 9 heteroatoms. The van der Waals surface area contributed by atoms with Crippen LogP contribution in [-0.4, -0.2) is 39.0 Å². The summed E-state index contributed by atoms with van der Waals surface area (Å²) in [5.74, 6) is 0.294. The molecule has 2 aromatic carbocycles. The zero-order valence-electron chi connectivity index (χ0n) is 19.5. The van der Waals surface area contributed by atoms with Crippen LogP contribution in [0.4, 0.5) is 0 Å². The van der Waals surface area contributed by atoms with Gasteiger partial charge in [-0.15, -0.1) is 0 Å². The van der Waals surface area contributed by atoms with Crippen LogP contribution in [0.5, 0.6) is 5.75 Å². The molecule has 1 aromatic heterocycles. The van der Waals surface area contributed by atoms with Gasteiger partial charge in [-0.3, -0.25) is 4.79 Å². The second-order valence-corrected chi connectivity index (χ2v) is 10.1. The fourth-order valence-electron chi connectivity index (χ4n) is 3.39. The van der Waals surface area contributed by atoms with E-state index < -0.39 is 15.9 Å². The van der Waals surface area contributed by atoms with Crippen molar-refractivity contribution in [2.24, 2.45) is 0 Å². The molecule has 0 radical (unpaired) electrons. The number of benzene rings is 2. The highest BCUT2D eigenvalue weighted by atomic mass is 35.5. The van der Waals surface area contributed by atoms with E-state index in [1.807, 2.05) is 22.9 Å². The highest BCUT2D eigenvalue weighted by Gasteiger charge is 2.17. The van der Waals surface area contributed by atoms with Crippen molar-refractivity contribution in [2.45, 2.75) is 37.0 Å². The Bertz CT molecular complexity index is 1160. The van der Waals surface area contributed by atoms with E-state index >= 15 is 0 Å². The highest BCUT2D eigenvalue weighted by Crippen LogP contribution is 2.14. The van der Waals surface area contributed by atoms with Crippen LogP contribution < -0.4 is 14.8 Å². The number of nitrogens with one attached hydrogen (secondary N) is 2. The van der Waals surface area contributed by atoms with Crippen molar-refractivity contribution in [3.05, 3.63) is 89.2 Å². The van der Waals surface area contributed by atoms with Gasteiger partial charge in [0, 0.05) is 19.2 Å². The number of ether oxygens (including phenoxy) is 1. The van der Waals surface area contributed by atoms with Crippen LogP contribution in [0.25, 0.3) is 0 Å². The van der Waals surface area contributed by atoms with Gasteiger partial charge in [0.05, 0.1) is 6.61 Å². The first kappa shape index (κ1) is 26.7. The Labute approximate surface area is 211 Å². The Balaban J connectivity index is 1.25. The van der Waals surface area contributed by atoms with E-state index in [9.17, 15) is 13.2 Å². The number of hydrogen-bond donors (Lipinski definition) is 2. The Morgan fingerprint density at radius 3 is 2.31 bits per heavy atom. The lowest BCUT2D eigenvalue weighted by molar-refractivity contribution is -0.119. The number of carbonyl (C=O) groups excluding carboxylic acids is 1. The molecule has 1 amide bonds. The number of nitrogens with zero attached hydrogens (tertiary/aromatic N) is 1. The molecule has 0 atom stereocenters. The Hall–Kier alpha value is -2.94. The smallest absolute Gasteiger partial charge is 0.265 e. The van der Waals surface area contributed by atoms with Gasteiger partial charge in [-0.2, -0.15) is 0 Å². The third kappa shape index (κ3) is 9.68. The number of halogens is 1. The molecule has 0 bridgehead atoms. The first-order valence-corrected chi connectivity index (χ1v) is 13.4. The van der Waals surface area contributed by atoms with Crippen molar-refractivity contribution in [3.8, 4) is 5.75 Å². The van der Waals surface area contributed by atoms with Crippen molar-refractivity contribution >= 4 is 27.5 Å². The van der Waals surface area contributed by atoms with E-state index in [0.29, 0.717) is 13.2 Å². The van der Waals surface area contributed by atoms with E-state index in [1.165, 1.54) is 23.3 Å². The molecule has 0 fully saturated rings. The molecule has 0 aliphatic heterocycles. The molecule has 7 nitrogen and oxygen atoms in total. The summed E-state index contributed by atoms with van der Waals surface area (Å²) in [6, 6.07) is 21.2. The number of aromatic nitrogens is 1. The topological polar surface area (TPSA) is 97.4 Å². The van der Waals surface area contributed by atoms with Crippen molar-refractivity contribution < 1.29 is 17.9 Å². The van der Waals surface area contributed by atoms with E-state index in [1.54, 1.807) is 0 Å². The predicted octanol–water partition coefficient (Wildman–Crippen LogP) is 4.16. The lowest BCUT2D eigenvalue weighted by Gasteiger charge is -2.09. The molecule has 0 saturated heterocycles. The number of aryl methyl sites for hydroxylation is 2. The van der Waals surface area contributed by atoms with Gasteiger partial charge >= 0.3 is 0 Å². The Morgan fingerprint density at radius 1 is 0.886 bits per heavy atom. The number of hydrogen-bond acceptors (Lipinski definition) is 6. The molecule has 35 heavy (non-hydrogen) atoms. The predicted molar refractivity (Wildman–Crippen MR) is 137 cm³/mol. The number of sulfonamides is 1. The summed E-state index contributed by atoms with van der Waals surface area (Å²) in [5.41, 5.74) is 2.53. The molecule has 3 aromatic rings. The molecule has 0 saturated carbocycles. The van der Waals surface area contributed by atoms with Crippen molar-refractivity contribution in [2.75, 3.05) is 19.7 Å². The van der Waals surface area contributed by atoms with E-state index in [0.717, 1.165) is 44.2 Å². The average Bonchev–Trinajstić information content (AvgIpc) is 2.85. The first-order valence-electron chi connectivity index (χ1n) is 11.6. The van der Waals surface area contributed by atoms with E-state index in [4.69, 9.17) is 16.3 Å². The quantitative estimate of drug-likeness (QED) is 0.247. The summed E-state index contributed by atoms with van der Waals surface area (Å²) in [7, 11) is -3.94. The van der Waals surface area contributed by atoms with Crippen LogP contribution in [0.2, 0.25) is 5.15 Å². The minimum atomic E-state index is -3.94. The molecule has 0 spiro atoms. The maximum absolute atomic E-state index is 12.2. The fraction of sp³-hybridized carbons (Fsp3) is 0.308. The Morgan fingerprint density at radius 2 is 1.60 bits per heavy atom. The normalized spacial score (nSPS) is 11.2. The van der Waals surface area contributed by atoms with Gasteiger partial charge in [-0.1, -0.05) is 54.1 Å². The number of amides is 1. The monoisotopic (exact) mass is 515 g/mol. The largest absolute Gasteiger partial charge is 0.494 e. The summed E-state index contributed by atoms with van der Waals surface area (Å²) in [5, 5.41) is 3.35. The van der Waals surface area contributed by atoms with Crippen LogP contribution >= 0.6 is 11.6 Å². The van der Waals surface area contributed by atoms with Crippen molar-refractivity contribution in [1.82, 2.24) is 15.0 Å². The number of carbonyl (C=O) groups is 1. The van der Waals surface area contributed by atoms with Crippen LogP contribution in [0.15, 0.2) is 77.8 Å². The van der Waals surface area contributed by atoms with Gasteiger partial charge < -0.3 is 10.1 Å². The summed E-state index contributed by atoms with van der Waals surface area (Å²) in [6.45, 7) is 1.79. The third-order valence-corrected chi connectivity index (χ3v) is 6.83. The molecule has 2 N–H and O–H groups in total. The number of pyridine rings is 1. The molecule has 1 heterocycles. The van der Waals surface area contributed by atoms with Gasteiger partial charge in [0.25, 0.3) is 10.0 Å². The molecule has 0 aliphatic rings. The SMILES string of the molecule is O=C(CCNCCCc1ccc(OCCCc2ccccc2)cc1)NS(=O)(=O)c1ccc(Cl)nc1. The molecular weight excluding hydrogens is 486 g/mol. The molecule has 0 unspecified atom stereocenters. The third-order valence-electron chi connectivity index (χ3n) is 5.25. The number of rotatable bonds is 14.